The third-order valence-electron chi connectivity index (χ3n) is 4.26. The summed E-state index contributed by atoms with van der Waals surface area (Å²) in [4.78, 5) is 22.7. The van der Waals surface area contributed by atoms with Crippen molar-refractivity contribution in [1.82, 2.24) is 9.78 Å². The molecule has 1 N–H and O–H groups in total. The number of nitro groups is 1. The molecular weight excluding hydrogens is 448 g/mol. The van der Waals surface area contributed by atoms with Crippen molar-refractivity contribution in [3.8, 4) is 5.75 Å². The zero-order valence-electron chi connectivity index (χ0n) is 16.4. The van der Waals surface area contributed by atoms with E-state index in [1.165, 1.54) is 56.5 Å². The number of ether oxygens (including phenoxy) is 1. The van der Waals surface area contributed by atoms with E-state index >= 15 is 0 Å². The second-order valence-electron chi connectivity index (χ2n) is 6.46. The number of carbonyl (C=O) groups excluding carboxylic acids is 1. The van der Waals surface area contributed by atoms with Gasteiger partial charge in [-0.3, -0.25) is 19.6 Å². The van der Waals surface area contributed by atoms with Crippen LogP contribution in [0.25, 0.3) is 0 Å². The fraction of sp³-hybridized carbons (Fsp3) is 0.158. The molecule has 3 rings (SSSR count). The molecule has 0 saturated carbocycles. The quantitative estimate of drug-likeness (QED) is 0.419. The Balaban J connectivity index is 1.86. The average Bonchev–Trinajstić information content (AvgIpc) is 3.08. The zero-order chi connectivity index (χ0) is 22.8. The maximum absolute atomic E-state index is 13.0. The Labute approximate surface area is 182 Å². The fourth-order valence-corrected chi connectivity index (χ4v) is 4.23. The first-order valence-electron chi connectivity index (χ1n) is 8.78. The van der Waals surface area contributed by atoms with Gasteiger partial charge in [0.15, 0.2) is 0 Å². The number of carbonyl (C=O) groups is 1. The van der Waals surface area contributed by atoms with Gasteiger partial charge in [0.1, 0.15) is 24.2 Å². The minimum atomic E-state index is -3.90. The van der Waals surface area contributed by atoms with Gasteiger partial charge in [-0.25, -0.2) is 8.42 Å². The number of rotatable bonds is 7. The van der Waals surface area contributed by atoms with E-state index in [1.54, 1.807) is 0 Å². The number of amides is 1. The molecule has 12 heteroatoms. The van der Waals surface area contributed by atoms with E-state index in [0.717, 1.165) is 10.9 Å². The minimum Gasteiger partial charge on any atom is -0.497 e. The molecule has 162 valence electrons. The summed E-state index contributed by atoms with van der Waals surface area (Å²) in [6.45, 7) is 1.16. The van der Waals surface area contributed by atoms with E-state index < -0.39 is 20.7 Å². The molecule has 0 atom stereocenters. The number of methoxy groups -OCH3 is 1. The van der Waals surface area contributed by atoms with Crippen LogP contribution < -0.4 is 10.1 Å². The Kier molecular flexibility index (Phi) is 6.27. The molecule has 0 aliphatic rings. The number of anilines is 1. The molecular formula is C19H17ClN4O6S. The Hall–Kier alpha value is -3.44. The zero-order valence-corrected chi connectivity index (χ0v) is 18.0. The molecule has 10 nitrogen and oxygen atoms in total. The van der Waals surface area contributed by atoms with Gasteiger partial charge in [0.25, 0.3) is 0 Å². The molecule has 0 spiro atoms. The molecule has 1 heterocycles. The predicted octanol–water partition coefficient (Wildman–Crippen LogP) is 3.23. The summed E-state index contributed by atoms with van der Waals surface area (Å²) < 4.78 is 32.2. The third kappa shape index (κ3) is 5.01. The van der Waals surface area contributed by atoms with Gasteiger partial charge in [-0.1, -0.05) is 11.6 Å². The van der Waals surface area contributed by atoms with Gasteiger partial charge in [0, 0.05) is 16.8 Å². The lowest BCUT2D eigenvalue weighted by Crippen LogP contribution is -2.19. The molecule has 1 aromatic heterocycles. The molecule has 3 aromatic rings. The fourth-order valence-electron chi connectivity index (χ4n) is 2.78. The minimum absolute atomic E-state index is 0.0294. The van der Waals surface area contributed by atoms with Crippen molar-refractivity contribution >= 4 is 38.7 Å². The van der Waals surface area contributed by atoms with Crippen LogP contribution in [0.4, 0.5) is 11.4 Å². The number of aryl methyl sites for hydroxylation is 1. The average molecular weight is 465 g/mol. The highest BCUT2D eigenvalue weighted by Crippen LogP contribution is 2.29. The van der Waals surface area contributed by atoms with Crippen LogP contribution in [-0.4, -0.2) is 36.1 Å². The van der Waals surface area contributed by atoms with Crippen LogP contribution in [0.2, 0.25) is 5.02 Å². The highest BCUT2D eigenvalue weighted by atomic mass is 35.5. The van der Waals surface area contributed by atoms with Gasteiger partial charge in [-0.15, -0.1) is 0 Å². The summed E-state index contributed by atoms with van der Waals surface area (Å²) in [6.07, 6.45) is 1.15. The Morgan fingerprint density at radius 2 is 1.90 bits per heavy atom. The van der Waals surface area contributed by atoms with Crippen molar-refractivity contribution in [1.29, 1.82) is 0 Å². The first-order chi connectivity index (χ1) is 14.6. The standard InChI is InChI=1S/C19H17ClN4O6S/c1-12-18(24(26)27)10-23(22-12)11-19(25)21-14-7-15(30-2)9-17(8-14)31(28,29)16-5-3-13(20)4-6-16/h3-10H,11H2,1-2H3,(H,21,25). The van der Waals surface area contributed by atoms with Gasteiger partial charge in [0.2, 0.25) is 15.7 Å². The van der Waals surface area contributed by atoms with Crippen LogP contribution in [0.3, 0.4) is 0 Å². The van der Waals surface area contributed by atoms with Gasteiger partial charge >= 0.3 is 5.69 Å². The van der Waals surface area contributed by atoms with E-state index in [0.29, 0.717) is 5.02 Å². The highest BCUT2D eigenvalue weighted by Gasteiger charge is 2.21. The second-order valence-corrected chi connectivity index (χ2v) is 8.84. The second kappa shape index (κ2) is 8.74. The number of halogens is 1. The Morgan fingerprint density at radius 3 is 2.48 bits per heavy atom. The van der Waals surface area contributed by atoms with Crippen molar-refractivity contribution in [2.75, 3.05) is 12.4 Å². The van der Waals surface area contributed by atoms with Crippen molar-refractivity contribution in [3.63, 3.8) is 0 Å². The van der Waals surface area contributed by atoms with Gasteiger partial charge in [-0.05, 0) is 43.3 Å². The molecule has 2 aromatic carbocycles. The highest BCUT2D eigenvalue weighted by molar-refractivity contribution is 7.91. The van der Waals surface area contributed by atoms with E-state index in [2.05, 4.69) is 10.4 Å². The third-order valence-corrected chi connectivity index (χ3v) is 6.26. The van der Waals surface area contributed by atoms with E-state index in [1.807, 2.05) is 0 Å². The van der Waals surface area contributed by atoms with Crippen LogP contribution in [0, 0.1) is 17.0 Å². The molecule has 31 heavy (non-hydrogen) atoms. The maximum atomic E-state index is 13.0. The molecule has 0 unspecified atom stereocenters. The molecule has 0 bridgehead atoms. The van der Waals surface area contributed by atoms with Crippen LogP contribution in [-0.2, 0) is 21.2 Å². The lowest BCUT2D eigenvalue weighted by molar-refractivity contribution is -0.385. The largest absolute Gasteiger partial charge is 0.497 e. The summed E-state index contributed by atoms with van der Waals surface area (Å²) in [6, 6.07) is 9.76. The number of aromatic nitrogens is 2. The Morgan fingerprint density at radius 1 is 1.23 bits per heavy atom. The summed E-state index contributed by atoms with van der Waals surface area (Å²) in [5.41, 5.74) is 0.149. The Bertz CT molecular complexity index is 1250. The number of sulfone groups is 1. The smallest absolute Gasteiger partial charge is 0.309 e. The lowest BCUT2D eigenvalue weighted by Gasteiger charge is -2.11. The van der Waals surface area contributed by atoms with Crippen LogP contribution >= 0.6 is 11.6 Å². The molecule has 1 amide bonds. The predicted molar refractivity (Wildman–Crippen MR) is 112 cm³/mol. The summed E-state index contributed by atoms with van der Waals surface area (Å²) in [7, 11) is -2.53. The van der Waals surface area contributed by atoms with Gasteiger partial charge in [-0.2, -0.15) is 5.10 Å². The maximum Gasteiger partial charge on any atom is 0.309 e. The first-order valence-corrected chi connectivity index (χ1v) is 10.6. The summed E-state index contributed by atoms with van der Waals surface area (Å²) in [5.74, 6) is -0.337. The number of hydrogen-bond donors (Lipinski definition) is 1. The van der Waals surface area contributed by atoms with Gasteiger partial charge < -0.3 is 10.1 Å². The molecule has 0 fully saturated rings. The number of benzene rings is 2. The molecule has 0 aliphatic heterocycles. The van der Waals surface area contributed by atoms with Crippen LogP contribution in [0.15, 0.2) is 58.5 Å². The number of nitrogens with one attached hydrogen (secondary N) is 1. The van der Waals surface area contributed by atoms with Crippen molar-refractivity contribution in [2.45, 2.75) is 23.3 Å². The summed E-state index contributed by atoms with van der Waals surface area (Å²) >= 11 is 5.83. The van der Waals surface area contributed by atoms with Gasteiger partial charge in [0.05, 0.1) is 21.8 Å². The number of hydrogen-bond acceptors (Lipinski definition) is 7. The summed E-state index contributed by atoms with van der Waals surface area (Å²) in [5, 5.41) is 17.8. The monoisotopic (exact) mass is 464 g/mol. The number of nitrogens with zero attached hydrogens (tertiary/aromatic N) is 3. The molecule has 0 radical (unpaired) electrons. The lowest BCUT2D eigenvalue weighted by atomic mass is 10.3. The molecule has 0 saturated heterocycles. The first kappa shape index (κ1) is 22.2. The normalized spacial score (nSPS) is 11.2. The van der Waals surface area contributed by atoms with Crippen LogP contribution in [0.5, 0.6) is 5.75 Å². The van der Waals surface area contributed by atoms with E-state index in [-0.39, 0.29) is 39.2 Å². The SMILES string of the molecule is COc1cc(NC(=O)Cn2cc([N+](=O)[O-])c(C)n2)cc(S(=O)(=O)c2ccc(Cl)cc2)c1. The van der Waals surface area contributed by atoms with Crippen molar-refractivity contribution in [2.24, 2.45) is 0 Å². The van der Waals surface area contributed by atoms with E-state index in [9.17, 15) is 23.3 Å². The van der Waals surface area contributed by atoms with E-state index in [4.69, 9.17) is 16.3 Å². The molecule has 0 aliphatic carbocycles. The van der Waals surface area contributed by atoms with Crippen molar-refractivity contribution < 1.29 is 22.9 Å². The topological polar surface area (TPSA) is 133 Å². The van der Waals surface area contributed by atoms with Crippen molar-refractivity contribution in [3.05, 3.63) is 69.5 Å². The van der Waals surface area contributed by atoms with Crippen LogP contribution in [0.1, 0.15) is 5.69 Å².